The summed E-state index contributed by atoms with van der Waals surface area (Å²) in [5.74, 6) is 0.789. The van der Waals surface area contributed by atoms with E-state index in [9.17, 15) is 4.79 Å². The Bertz CT molecular complexity index is 1020. The van der Waals surface area contributed by atoms with Gasteiger partial charge in [0.05, 0.1) is 27.0 Å². The molecule has 0 saturated heterocycles. The molecule has 29 heavy (non-hydrogen) atoms. The number of primary amides is 1. The number of pyridine rings is 1. The number of carbonyl (C=O) groups excluding carboxylic acids is 1. The first-order valence-corrected chi connectivity index (χ1v) is 10.8. The van der Waals surface area contributed by atoms with Gasteiger partial charge in [0.1, 0.15) is 11.6 Å². The van der Waals surface area contributed by atoms with Crippen molar-refractivity contribution in [2.24, 2.45) is 5.73 Å². The second-order valence-electron chi connectivity index (χ2n) is 7.42. The lowest BCUT2D eigenvalue weighted by Gasteiger charge is -2.38. The summed E-state index contributed by atoms with van der Waals surface area (Å²) in [6.45, 7) is 0. The number of carbonyl (C=O) groups is 1. The van der Waals surface area contributed by atoms with E-state index in [1.54, 1.807) is 17.4 Å². The number of fused-ring (bicyclic) bond motifs is 1. The zero-order valence-corrected chi connectivity index (χ0v) is 17.5. The normalized spacial score (nSPS) is 19.2. The van der Waals surface area contributed by atoms with Crippen molar-refractivity contribution in [2.45, 2.75) is 37.8 Å². The molecule has 4 rings (SSSR count). The van der Waals surface area contributed by atoms with Crippen molar-refractivity contribution < 1.29 is 4.79 Å². The minimum Gasteiger partial charge on any atom is -0.365 e. The maximum Gasteiger partial charge on any atom is 0.252 e. The standard InChI is InChI=1S/C21H26N6OS/c1-23-14-6-3-4-9-17(14)27(2)18-11-10-13(20(22)28)21(26-18)25-16-8-5-7-15-19(16)29-12-24-15/h5,7-8,10-12,14,17,23H,3-4,6,9H2,1-2H3,(H2,22,28)(H,25,26). The first-order valence-electron chi connectivity index (χ1n) is 9.88. The molecule has 0 bridgehead atoms. The summed E-state index contributed by atoms with van der Waals surface area (Å²) in [6, 6.07) is 10.3. The van der Waals surface area contributed by atoms with Gasteiger partial charge in [0.25, 0.3) is 5.91 Å². The summed E-state index contributed by atoms with van der Waals surface area (Å²) in [5.41, 5.74) is 9.58. The van der Waals surface area contributed by atoms with Crippen LogP contribution in [0.4, 0.5) is 17.3 Å². The number of thiazole rings is 1. The van der Waals surface area contributed by atoms with Gasteiger partial charge < -0.3 is 21.3 Å². The molecule has 152 valence electrons. The molecule has 7 nitrogen and oxygen atoms in total. The lowest BCUT2D eigenvalue weighted by atomic mass is 9.89. The minimum atomic E-state index is -0.503. The number of nitrogens with one attached hydrogen (secondary N) is 2. The first-order chi connectivity index (χ1) is 14.1. The number of rotatable bonds is 6. The molecule has 0 radical (unpaired) electrons. The molecule has 2 aromatic heterocycles. The third kappa shape index (κ3) is 3.90. The number of benzene rings is 1. The molecule has 8 heteroatoms. The molecule has 1 saturated carbocycles. The van der Waals surface area contributed by atoms with Crippen LogP contribution in [0.25, 0.3) is 10.2 Å². The minimum absolute atomic E-state index is 0.360. The van der Waals surface area contributed by atoms with Gasteiger partial charge in [0, 0.05) is 19.1 Å². The van der Waals surface area contributed by atoms with Crippen LogP contribution in [0.3, 0.4) is 0 Å². The molecule has 3 aromatic rings. The Balaban J connectivity index is 1.69. The molecule has 0 spiro atoms. The van der Waals surface area contributed by atoms with E-state index in [0.717, 1.165) is 34.6 Å². The zero-order chi connectivity index (χ0) is 20.4. The molecular weight excluding hydrogens is 384 g/mol. The van der Waals surface area contributed by atoms with Gasteiger partial charge in [0.2, 0.25) is 0 Å². The average molecular weight is 411 g/mol. The molecule has 1 aliphatic carbocycles. The first kappa shape index (κ1) is 19.6. The third-order valence-corrected chi connectivity index (χ3v) is 6.59. The fourth-order valence-corrected chi connectivity index (χ4v) is 4.89. The highest BCUT2D eigenvalue weighted by atomic mass is 32.1. The predicted octanol–water partition coefficient (Wildman–Crippen LogP) is 3.50. The lowest BCUT2D eigenvalue weighted by Crippen LogP contribution is -2.49. The van der Waals surface area contributed by atoms with Gasteiger partial charge in [-0.3, -0.25) is 4.79 Å². The quantitative estimate of drug-likeness (QED) is 0.576. The Morgan fingerprint density at radius 3 is 2.86 bits per heavy atom. The van der Waals surface area contributed by atoms with Crippen LogP contribution >= 0.6 is 11.3 Å². The van der Waals surface area contributed by atoms with Gasteiger partial charge in [-0.1, -0.05) is 18.9 Å². The fourth-order valence-electron chi connectivity index (χ4n) is 4.13. The van der Waals surface area contributed by atoms with Gasteiger partial charge in [0.15, 0.2) is 0 Å². The number of hydrogen-bond acceptors (Lipinski definition) is 7. The molecule has 1 fully saturated rings. The van der Waals surface area contributed by atoms with Crippen molar-refractivity contribution in [3.63, 3.8) is 0 Å². The van der Waals surface area contributed by atoms with Crippen LogP contribution in [-0.4, -0.2) is 42.1 Å². The van der Waals surface area contributed by atoms with Gasteiger partial charge >= 0.3 is 0 Å². The molecule has 2 heterocycles. The Morgan fingerprint density at radius 2 is 2.07 bits per heavy atom. The zero-order valence-electron chi connectivity index (χ0n) is 16.7. The summed E-state index contributed by atoms with van der Waals surface area (Å²) in [4.78, 5) is 23.4. The SMILES string of the molecule is CNC1CCCCC1N(C)c1ccc(C(N)=O)c(Nc2cccc3ncsc23)n1. The van der Waals surface area contributed by atoms with E-state index < -0.39 is 5.91 Å². The topological polar surface area (TPSA) is 96.2 Å². The Morgan fingerprint density at radius 1 is 1.24 bits per heavy atom. The number of anilines is 3. The van der Waals surface area contributed by atoms with Gasteiger partial charge in [-0.15, -0.1) is 11.3 Å². The second-order valence-corrected chi connectivity index (χ2v) is 8.27. The Labute approximate surface area is 174 Å². The summed E-state index contributed by atoms with van der Waals surface area (Å²) in [5, 5.41) is 6.76. The van der Waals surface area contributed by atoms with Crippen molar-refractivity contribution >= 4 is 44.8 Å². The lowest BCUT2D eigenvalue weighted by molar-refractivity contribution is 0.100. The van der Waals surface area contributed by atoms with Crippen molar-refractivity contribution in [2.75, 3.05) is 24.3 Å². The second kappa shape index (κ2) is 8.34. The van der Waals surface area contributed by atoms with Crippen LogP contribution in [0, 0.1) is 0 Å². The van der Waals surface area contributed by atoms with E-state index in [2.05, 4.69) is 27.6 Å². The fraction of sp³-hybridized carbons (Fsp3) is 0.381. The number of nitrogens with two attached hydrogens (primary N) is 1. The molecule has 1 amide bonds. The van der Waals surface area contributed by atoms with E-state index in [-0.39, 0.29) is 0 Å². The van der Waals surface area contributed by atoms with E-state index in [1.165, 1.54) is 12.8 Å². The highest BCUT2D eigenvalue weighted by Gasteiger charge is 2.28. The highest BCUT2D eigenvalue weighted by Crippen LogP contribution is 2.31. The average Bonchev–Trinajstić information content (AvgIpc) is 3.23. The Kier molecular flexibility index (Phi) is 5.64. The van der Waals surface area contributed by atoms with Crippen LogP contribution in [0.5, 0.6) is 0 Å². The number of hydrogen-bond donors (Lipinski definition) is 3. The summed E-state index contributed by atoms with van der Waals surface area (Å²) < 4.78 is 1.02. The number of amides is 1. The smallest absolute Gasteiger partial charge is 0.252 e. The van der Waals surface area contributed by atoms with E-state index in [0.29, 0.717) is 23.5 Å². The van der Waals surface area contributed by atoms with E-state index in [4.69, 9.17) is 10.7 Å². The van der Waals surface area contributed by atoms with E-state index in [1.807, 2.05) is 36.8 Å². The number of nitrogens with zero attached hydrogens (tertiary/aromatic N) is 3. The molecule has 1 aromatic carbocycles. The summed E-state index contributed by atoms with van der Waals surface area (Å²) >= 11 is 1.55. The molecule has 0 aliphatic heterocycles. The highest BCUT2D eigenvalue weighted by molar-refractivity contribution is 7.17. The Hall–Kier alpha value is -2.71. The summed E-state index contributed by atoms with van der Waals surface area (Å²) in [7, 11) is 4.09. The van der Waals surface area contributed by atoms with Crippen LogP contribution < -0.4 is 21.3 Å². The van der Waals surface area contributed by atoms with E-state index >= 15 is 0 Å². The molecular formula is C21H26N6OS. The van der Waals surface area contributed by atoms with Crippen molar-refractivity contribution in [1.82, 2.24) is 15.3 Å². The van der Waals surface area contributed by atoms with Gasteiger partial charge in [-0.2, -0.15) is 0 Å². The monoisotopic (exact) mass is 410 g/mol. The van der Waals surface area contributed by atoms with Crippen LogP contribution in [0.1, 0.15) is 36.0 Å². The van der Waals surface area contributed by atoms with Crippen LogP contribution in [-0.2, 0) is 0 Å². The number of aromatic nitrogens is 2. The van der Waals surface area contributed by atoms with Crippen molar-refractivity contribution in [1.29, 1.82) is 0 Å². The maximum absolute atomic E-state index is 12.0. The molecule has 1 aliphatic rings. The summed E-state index contributed by atoms with van der Waals surface area (Å²) in [6.07, 6.45) is 4.73. The van der Waals surface area contributed by atoms with Crippen LogP contribution in [0.2, 0.25) is 0 Å². The van der Waals surface area contributed by atoms with Crippen molar-refractivity contribution in [3.8, 4) is 0 Å². The van der Waals surface area contributed by atoms with Gasteiger partial charge in [-0.05, 0) is 44.2 Å². The maximum atomic E-state index is 12.0. The molecule has 2 unspecified atom stereocenters. The number of likely N-dealkylation sites (N-methyl/N-ethyl adjacent to an activating group) is 2. The molecule has 2 atom stereocenters. The third-order valence-electron chi connectivity index (χ3n) is 5.71. The largest absolute Gasteiger partial charge is 0.365 e. The predicted molar refractivity (Wildman–Crippen MR) is 119 cm³/mol. The van der Waals surface area contributed by atoms with Crippen molar-refractivity contribution in [3.05, 3.63) is 41.4 Å². The van der Waals surface area contributed by atoms with Crippen LogP contribution in [0.15, 0.2) is 35.8 Å². The molecule has 4 N–H and O–H groups in total. The van der Waals surface area contributed by atoms with Gasteiger partial charge in [-0.25, -0.2) is 9.97 Å².